The van der Waals surface area contributed by atoms with Gasteiger partial charge in [0.1, 0.15) is 0 Å². The minimum absolute atomic E-state index is 0.0594. The van der Waals surface area contributed by atoms with Crippen molar-refractivity contribution in [2.75, 3.05) is 26.7 Å². The Kier molecular flexibility index (Phi) is 7.29. The highest BCUT2D eigenvalue weighted by Gasteiger charge is 2.51. The van der Waals surface area contributed by atoms with Crippen LogP contribution < -0.4 is 5.32 Å². The van der Waals surface area contributed by atoms with Gasteiger partial charge in [-0.25, -0.2) is 0 Å². The highest BCUT2D eigenvalue weighted by atomic mass is 32.2. The van der Waals surface area contributed by atoms with Gasteiger partial charge in [0.25, 0.3) is 0 Å². The SMILES string of the molecule is CN(Cc1ccccc1)CC(CCC1S(=O)c2ccccc2C12CCNCC2)c1ccccc1. The molecule has 0 bridgehead atoms. The smallest absolute Gasteiger partial charge is 0.0572 e. The zero-order valence-electron chi connectivity index (χ0n) is 20.2. The zero-order valence-corrected chi connectivity index (χ0v) is 21.0. The number of rotatable bonds is 8. The van der Waals surface area contributed by atoms with Crippen molar-refractivity contribution in [2.24, 2.45) is 0 Å². The molecule has 34 heavy (non-hydrogen) atoms. The molecular weight excluding hydrogens is 436 g/mol. The largest absolute Gasteiger partial charge is 0.317 e. The average Bonchev–Trinajstić information content (AvgIpc) is 3.10. The van der Waals surface area contributed by atoms with Crippen molar-refractivity contribution in [2.45, 2.75) is 53.7 Å². The van der Waals surface area contributed by atoms with Crippen LogP contribution in [0.2, 0.25) is 0 Å². The predicted octanol–water partition coefficient (Wildman–Crippen LogP) is 5.49. The molecule has 2 heterocycles. The van der Waals surface area contributed by atoms with Crippen LogP contribution in [0, 0.1) is 0 Å². The molecule has 3 unspecified atom stereocenters. The summed E-state index contributed by atoms with van der Waals surface area (Å²) in [6, 6.07) is 30.2. The number of hydrogen-bond acceptors (Lipinski definition) is 3. The van der Waals surface area contributed by atoms with Crippen molar-refractivity contribution >= 4 is 10.8 Å². The van der Waals surface area contributed by atoms with Crippen LogP contribution in [-0.4, -0.2) is 41.0 Å². The van der Waals surface area contributed by atoms with Gasteiger partial charge in [-0.05, 0) is 74.5 Å². The summed E-state index contributed by atoms with van der Waals surface area (Å²) in [4.78, 5) is 3.53. The third-order valence-corrected chi connectivity index (χ3v) is 9.88. The first-order valence-corrected chi connectivity index (χ1v) is 13.9. The number of nitrogens with one attached hydrogen (secondary N) is 1. The van der Waals surface area contributed by atoms with E-state index < -0.39 is 10.8 Å². The van der Waals surface area contributed by atoms with Gasteiger partial charge < -0.3 is 10.2 Å². The molecule has 3 nitrogen and oxygen atoms in total. The fourth-order valence-corrected chi connectivity index (χ4v) is 8.34. The van der Waals surface area contributed by atoms with E-state index in [9.17, 15) is 4.21 Å². The molecule has 0 aliphatic carbocycles. The molecule has 178 valence electrons. The van der Waals surface area contributed by atoms with Crippen molar-refractivity contribution in [1.82, 2.24) is 10.2 Å². The first-order valence-electron chi connectivity index (χ1n) is 12.7. The second kappa shape index (κ2) is 10.6. The maximum atomic E-state index is 13.8. The molecule has 2 aliphatic heterocycles. The molecular formula is C30H36N2OS. The lowest BCUT2D eigenvalue weighted by Gasteiger charge is -2.40. The highest BCUT2D eigenvalue weighted by molar-refractivity contribution is 7.86. The molecule has 4 heteroatoms. The molecule has 3 aromatic carbocycles. The fraction of sp³-hybridized carbons (Fsp3) is 0.400. The summed E-state index contributed by atoms with van der Waals surface area (Å²) in [5.41, 5.74) is 4.15. The molecule has 1 saturated heterocycles. The Bertz CT molecular complexity index is 1100. The van der Waals surface area contributed by atoms with Crippen LogP contribution in [-0.2, 0) is 22.8 Å². The third kappa shape index (κ3) is 4.77. The molecule has 5 rings (SSSR count). The minimum Gasteiger partial charge on any atom is -0.317 e. The van der Waals surface area contributed by atoms with Crippen LogP contribution in [0.25, 0.3) is 0 Å². The summed E-state index contributed by atoms with van der Waals surface area (Å²) >= 11 is 0. The number of benzene rings is 3. The fourth-order valence-electron chi connectivity index (χ4n) is 6.21. The summed E-state index contributed by atoms with van der Waals surface area (Å²) in [6.07, 6.45) is 4.23. The van der Waals surface area contributed by atoms with E-state index in [-0.39, 0.29) is 10.7 Å². The van der Waals surface area contributed by atoms with Crippen LogP contribution in [0.1, 0.15) is 48.3 Å². The van der Waals surface area contributed by atoms with Gasteiger partial charge in [-0.1, -0.05) is 78.9 Å². The van der Waals surface area contributed by atoms with Crippen molar-refractivity contribution in [3.63, 3.8) is 0 Å². The van der Waals surface area contributed by atoms with E-state index in [0.717, 1.165) is 56.8 Å². The van der Waals surface area contributed by atoms with E-state index in [4.69, 9.17) is 0 Å². The normalized spacial score (nSPS) is 22.1. The maximum absolute atomic E-state index is 13.8. The summed E-state index contributed by atoms with van der Waals surface area (Å²) < 4.78 is 13.8. The lowest BCUT2D eigenvalue weighted by atomic mass is 9.69. The highest BCUT2D eigenvalue weighted by Crippen LogP contribution is 2.50. The zero-order chi connectivity index (χ0) is 23.4. The summed E-state index contributed by atoms with van der Waals surface area (Å²) in [7, 11) is 1.29. The number of piperidine rings is 1. The van der Waals surface area contributed by atoms with Crippen LogP contribution in [0.15, 0.2) is 89.8 Å². The lowest BCUT2D eigenvalue weighted by Crippen LogP contribution is -2.46. The molecule has 3 aromatic rings. The topological polar surface area (TPSA) is 32.3 Å². The molecule has 0 radical (unpaired) electrons. The molecule has 1 fully saturated rings. The number of fused-ring (bicyclic) bond motifs is 2. The first kappa shape index (κ1) is 23.5. The Balaban J connectivity index is 1.36. The monoisotopic (exact) mass is 472 g/mol. The van der Waals surface area contributed by atoms with Gasteiger partial charge in [0.2, 0.25) is 0 Å². The van der Waals surface area contributed by atoms with Crippen molar-refractivity contribution in [3.05, 3.63) is 102 Å². The maximum Gasteiger partial charge on any atom is 0.0572 e. The van der Waals surface area contributed by atoms with Crippen molar-refractivity contribution < 1.29 is 4.21 Å². The molecule has 1 spiro atoms. The summed E-state index contributed by atoms with van der Waals surface area (Å²) in [5.74, 6) is 0.425. The van der Waals surface area contributed by atoms with Crippen LogP contribution in [0.4, 0.5) is 0 Å². The number of likely N-dealkylation sites (N-methyl/N-ethyl adjacent to an activating group) is 1. The predicted molar refractivity (Wildman–Crippen MR) is 142 cm³/mol. The van der Waals surface area contributed by atoms with Crippen LogP contribution in [0.3, 0.4) is 0 Å². The van der Waals surface area contributed by atoms with E-state index >= 15 is 0 Å². The van der Waals surface area contributed by atoms with E-state index in [1.807, 2.05) is 0 Å². The first-order chi connectivity index (χ1) is 16.7. The second-order valence-electron chi connectivity index (χ2n) is 10.1. The molecule has 1 N–H and O–H groups in total. The molecule has 0 amide bonds. The quantitative estimate of drug-likeness (QED) is 0.470. The van der Waals surface area contributed by atoms with Crippen LogP contribution in [0.5, 0.6) is 0 Å². The van der Waals surface area contributed by atoms with Gasteiger partial charge in [0, 0.05) is 28.6 Å². The van der Waals surface area contributed by atoms with Crippen molar-refractivity contribution in [1.29, 1.82) is 0 Å². The Morgan fingerprint density at radius 3 is 2.32 bits per heavy atom. The second-order valence-corrected chi connectivity index (χ2v) is 11.7. The molecule has 0 aromatic heterocycles. The van der Waals surface area contributed by atoms with Crippen molar-refractivity contribution in [3.8, 4) is 0 Å². The Hall–Kier alpha value is -2.27. The van der Waals surface area contributed by atoms with Gasteiger partial charge >= 0.3 is 0 Å². The number of hydrogen-bond donors (Lipinski definition) is 1. The van der Waals surface area contributed by atoms with Gasteiger partial charge in [0.15, 0.2) is 0 Å². The summed E-state index contributed by atoms with van der Waals surface area (Å²) in [6.45, 7) is 3.98. The van der Waals surface area contributed by atoms with Gasteiger partial charge in [-0.3, -0.25) is 4.21 Å². The van der Waals surface area contributed by atoms with E-state index in [2.05, 4.69) is 102 Å². The van der Waals surface area contributed by atoms with E-state index in [1.54, 1.807) is 0 Å². The van der Waals surface area contributed by atoms with E-state index in [0.29, 0.717) is 5.92 Å². The minimum atomic E-state index is -0.931. The average molecular weight is 473 g/mol. The summed E-state index contributed by atoms with van der Waals surface area (Å²) in [5, 5.41) is 3.74. The Morgan fingerprint density at radius 2 is 1.59 bits per heavy atom. The third-order valence-electron chi connectivity index (χ3n) is 7.89. The number of nitrogens with zero attached hydrogens (tertiary/aromatic N) is 1. The lowest BCUT2D eigenvalue weighted by molar-refractivity contribution is 0.269. The van der Waals surface area contributed by atoms with Gasteiger partial charge in [-0.15, -0.1) is 0 Å². The van der Waals surface area contributed by atoms with Crippen LogP contribution >= 0.6 is 0 Å². The van der Waals surface area contributed by atoms with Gasteiger partial charge in [0.05, 0.1) is 10.8 Å². The Labute approximate surface area is 207 Å². The van der Waals surface area contributed by atoms with Gasteiger partial charge in [-0.2, -0.15) is 0 Å². The molecule has 0 saturated carbocycles. The standard InChI is InChI=1S/C30H36N2OS/c1-32(22-24-10-4-2-5-11-24)23-26(25-12-6-3-7-13-25)16-17-29-30(18-20-31-21-19-30)27-14-8-9-15-28(27)34(29)33/h2-15,26,29,31H,16-23H2,1H3. The van der Waals surface area contributed by atoms with E-state index in [1.165, 1.54) is 16.7 Å². The molecule has 3 atom stereocenters. The Morgan fingerprint density at radius 1 is 0.941 bits per heavy atom. The molecule has 2 aliphatic rings.